The molecule has 4 rings (SSSR count). The number of aliphatic hydroxyl groups excluding tert-OH is 1. The zero-order valence-corrected chi connectivity index (χ0v) is 16.0. The highest BCUT2D eigenvalue weighted by Crippen LogP contribution is 2.52. The van der Waals surface area contributed by atoms with Crippen LogP contribution < -0.4 is 15.8 Å². The van der Waals surface area contributed by atoms with Crippen LogP contribution in [0.25, 0.3) is 5.57 Å². The van der Waals surface area contributed by atoms with Crippen molar-refractivity contribution in [3.63, 3.8) is 0 Å². The second-order valence-electron chi connectivity index (χ2n) is 7.98. The Morgan fingerprint density at radius 1 is 1.39 bits per heavy atom. The van der Waals surface area contributed by atoms with Crippen LogP contribution in [0.5, 0.6) is 5.75 Å². The highest BCUT2D eigenvalue weighted by molar-refractivity contribution is 6.24. The molecular formula is C21H24N4O3. The van der Waals surface area contributed by atoms with Gasteiger partial charge in [-0.1, -0.05) is 0 Å². The zero-order chi connectivity index (χ0) is 19.9. The van der Waals surface area contributed by atoms with E-state index in [0.717, 1.165) is 35.4 Å². The van der Waals surface area contributed by atoms with Crippen LogP contribution in [0.4, 0.5) is 5.69 Å². The molecule has 2 heterocycles. The molecule has 1 aliphatic carbocycles. The van der Waals surface area contributed by atoms with E-state index >= 15 is 0 Å². The molecule has 1 amide bonds. The zero-order valence-electron chi connectivity index (χ0n) is 16.0. The quantitative estimate of drug-likeness (QED) is 0.686. The van der Waals surface area contributed by atoms with Crippen molar-refractivity contribution in [3.05, 3.63) is 53.7 Å². The summed E-state index contributed by atoms with van der Waals surface area (Å²) in [4.78, 5) is 21.1. The van der Waals surface area contributed by atoms with E-state index in [1.54, 1.807) is 18.5 Å². The summed E-state index contributed by atoms with van der Waals surface area (Å²) in [6, 6.07) is 5.66. The van der Waals surface area contributed by atoms with Gasteiger partial charge in [0, 0.05) is 42.9 Å². The summed E-state index contributed by atoms with van der Waals surface area (Å²) in [5.74, 6) is 1.17. The van der Waals surface area contributed by atoms with Crippen LogP contribution in [-0.2, 0) is 11.2 Å². The van der Waals surface area contributed by atoms with Gasteiger partial charge in [0.15, 0.2) is 5.82 Å². The summed E-state index contributed by atoms with van der Waals surface area (Å²) in [5, 5.41) is 12.5. The molecule has 0 saturated heterocycles. The Kier molecular flexibility index (Phi) is 4.55. The molecule has 2 aromatic rings. The first-order valence-corrected chi connectivity index (χ1v) is 9.39. The lowest BCUT2D eigenvalue weighted by molar-refractivity contribution is -0.111. The summed E-state index contributed by atoms with van der Waals surface area (Å²) >= 11 is 0. The first-order chi connectivity index (χ1) is 13.4. The van der Waals surface area contributed by atoms with Crippen LogP contribution in [0.1, 0.15) is 43.1 Å². The second kappa shape index (κ2) is 6.91. The number of ether oxygens (including phenoxy) is 1. The Balaban J connectivity index is 1.66. The average Bonchev–Trinajstić information content (AvgIpc) is 3.38. The number of fused-ring (bicyclic) bond motifs is 1. The number of nitrogens with one attached hydrogen (secondary N) is 1. The van der Waals surface area contributed by atoms with Crippen LogP contribution in [0.2, 0.25) is 0 Å². The number of hydrogen-bond donors (Lipinski definition) is 3. The van der Waals surface area contributed by atoms with Crippen molar-refractivity contribution in [1.82, 2.24) is 9.97 Å². The van der Waals surface area contributed by atoms with E-state index in [1.807, 2.05) is 26.0 Å². The number of aliphatic hydroxyl groups is 1. The van der Waals surface area contributed by atoms with E-state index in [1.165, 1.54) is 6.20 Å². The first kappa shape index (κ1) is 18.4. The molecule has 0 unspecified atom stereocenters. The van der Waals surface area contributed by atoms with Gasteiger partial charge >= 0.3 is 0 Å². The van der Waals surface area contributed by atoms with E-state index in [0.29, 0.717) is 0 Å². The Labute approximate surface area is 163 Å². The molecule has 1 aliphatic heterocycles. The molecule has 7 nitrogen and oxygen atoms in total. The van der Waals surface area contributed by atoms with Gasteiger partial charge in [0.2, 0.25) is 0 Å². The largest absolute Gasteiger partial charge is 0.487 e. The fourth-order valence-electron chi connectivity index (χ4n) is 3.79. The lowest BCUT2D eigenvalue weighted by atomic mass is 9.98. The van der Waals surface area contributed by atoms with Gasteiger partial charge in [-0.15, -0.1) is 0 Å². The molecule has 2 atom stereocenters. The fourth-order valence-corrected chi connectivity index (χ4v) is 3.79. The normalized spacial score (nSPS) is 22.3. The van der Waals surface area contributed by atoms with Crippen LogP contribution in [-0.4, -0.2) is 33.2 Å². The van der Waals surface area contributed by atoms with Crippen molar-refractivity contribution in [1.29, 1.82) is 0 Å². The van der Waals surface area contributed by atoms with E-state index in [2.05, 4.69) is 15.3 Å². The maximum atomic E-state index is 12.9. The van der Waals surface area contributed by atoms with E-state index in [-0.39, 0.29) is 41.3 Å². The highest BCUT2D eigenvalue weighted by Gasteiger charge is 2.41. The number of anilines is 1. The van der Waals surface area contributed by atoms with Gasteiger partial charge in [-0.3, -0.25) is 4.79 Å². The van der Waals surface area contributed by atoms with E-state index in [4.69, 9.17) is 10.5 Å². The lowest BCUT2D eigenvalue weighted by Gasteiger charge is -2.17. The van der Waals surface area contributed by atoms with Crippen LogP contribution in [0.15, 0.2) is 36.8 Å². The standard InChI is InChI=1S/C21H24N4O3/c1-21(2)9-12-7-17(15(8-18(12)28-21)14-6-13(14)11-26)25-20(27)16(10-22)19-23-4-3-5-24-19/h3-5,7-8,10,13-14,26H,6,9,11,22H2,1-2H3,(H,25,27)/t13-,14+/m0/s1. The van der Waals surface area contributed by atoms with Gasteiger partial charge < -0.3 is 20.9 Å². The fraction of sp³-hybridized carbons (Fsp3) is 0.381. The Morgan fingerprint density at radius 2 is 2.14 bits per heavy atom. The van der Waals surface area contributed by atoms with Crippen molar-refractivity contribution in [2.24, 2.45) is 11.7 Å². The van der Waals surface area contributed by atoms with Gasteiger partial charge in [-0.25, -0.2) is 9.97 Å². The van der Waals surface area contributed by atoms with Crippen molar-refractivity contribution in [2.75, 3.05) is 11.9 Å². The van der Waals surface area contributed by atoms with Crippen LogP contribution in [0.3, 0.4) is 0 Å². The molecule has 1 fully saturated rings. The molecular weight excluding hydrogens is 356 g/mol. The predicted octanol–water partition coefficient (Wildman–Crippen LogP) is 2.22. The molecule has 146 valence electrons. The monoisotopic (exact) mass is 380 g/mol. The Hall–Kier alpha value is -2.93. The van der Waals surface area contributed by atoms with E-state index < -0.39 is 0 Å². The van der Waals surface area contributed by atoms with E-state index in [9.17, 15) is 9.90 Å². The average molecular weight is 380 g/mol. The van der Waals surface area contributed by atoms with Gasteiger partial charge in [0.1, 0.15) is 11.4 Å². The van der Waals surface area contributed by atoms with Crippen molar-refractivity contribution < 1.29 is 14.6 Å². The number of benzene rings is 1. The summed E-state index contributed by atoms with van der Waals surface area (Å²) in [6.45, 7) is 4.22. The number of carbonyl (C=O) groups excluding carboxylic acids is 1. The SMILES string of the molecule is CC1(C)Cc2cc(NC(=O)C(=CN)c3ncccn3)c([C@@H]3C[C@H]3CO)cc2O1. The predicted molar refractivity (Wildman–Crippen MR) is 106 cm³/mol. The Morgan fingerprint density at radius 3 is 2.79 bits per heavy atom. The summed E-state index contributed by atoms with van der Waals surface area (Å²) in [6.07, 6.45) is 6.01. The van der Waals surface area contributed by atoms with Crippen molar-refractivity contribution in [3.8, 4) is 5.75 Å². The van der Waals surface area contributed by atoms with Gasteiger partial charge in [-0.2, -0.15) is 0 Å². The second-order valence-corrected chi connectivity index (χ2v) is 7.98. The minimum Gasteiger partial charge on any atom is -0.487 e. The van der Waals surface area contributed by atoms with Gasteiger partial charge in [-0.05, 0) is 55.9 Å². The summed E-state index contributed by atoms with van der Waals surface area (Å²) in [5.41, 5.74) is 8.37. The molecule has 4 N–H and O–H groups in total. The third-order valence-electron chi connectivity index (χ3n) is 5.26. The van der Waals surface area contributed by atoms with Gasteiger partial charge in [0.25, 0.3) is 5.91 Å². The molecule has 0 radical (unpaired) electrons. The lowest BCUT2D eigenvalue weighted by Crippen LogP contribution is -2.24. The van der Waals surface area contributed by atoms with Crippen LogP contribution in [0, 0.1) is 5.92 Å². The third kappa shape index (κ3) is 3.45. The number of nitrogens with zero attached hydrogens (tertiary/aromatic N) is 2. The number of aromatic nitrogens is 2. The van der Waals surface area contributed by atoms with Crippen LogP contribution >= 0.6 is 0 Å². The first-order valence-electron chi connectivity index (χ1n) is 9.39. The summed E-state index contributed by atoms with van der Waals surface area (Å²) in [7, 11) is 0. The van der Waals surface area contributed by atoms with Crippen molar-refractivity contribution in [2.45, 2.75) is 38.2 Å². The minimum absolute atomic E-state index is 0.132. The number of nitrogens with two attached hydrogens (primary N) is 1. The smallest absolute Gasteiger partial charge is 0.260 e. The number of hydrogen-bond acceptors (Lipinski definition) is 6. The molecule has 1 aromatic carbocycles. The molecule has 0 spiro atoms. The molecule has 28 heavy (non-hydrogen) atoms. The molecule has 7 heteroatoms. The maximum Gasteiger partial charge on any atom is 0.260 e. The topological polar surface area (TPSA) is 110 Å². The summed E-state index contributed by atoms with van der Waals surface area (Å²) < 4.78 is 6.05. The number of carbonyl (C=O) groups is 1. The number of rotatable bonds is 5. The van der Waals surface area contributed by atoms with Gasteiger partial charge in [0.05, 0.1) is 5.57 Å². The molecule has 2 aliphatic rings. The molecule has 1 saturated carbocycles. The van der Waals surface area contributed by atoms with Crippen molar-refractivity contribution >= 4 is 17.2 Å². The maximum absolute atomic E-state index is 12.9. The highest BCUT2D eigenvalue weighted by atomic mass is 16.5. The minimum atomic E-state index is -0.366. The Bertz CT molecular complexity index is 940. The third-order valence-corrected chi connectivity index (χ3v) is 5.26. The number of amides is 1. The molecule has 1 aromatic heterocycles. The molecule has 0 bridgehead atoms.